The van der Waals surface area contributed by atoms with E-state index in [0.717, 1.165) is 22.8 Å². The molecule has 1 saturated heterocycles. The Balaban J connectivity index is 1.79. The first-order valence-corrected chi connectivity index (χ1v) is 8.42. The number of anilines is 1. The molecule has 2 aromatic rings. The van der Waals surface area contributed by atoms with Crippen LogP contribution in [0.1, 0.15) is 33.1 Å². The van der Waals surface area contributed by atoms with Crippen molar-refractivity contribution in [2.45, 2.75) is 39.2 Å². The molecular formula is C17H27N5. The van der Waals surface area contributed by atoms with Crippen LogP contribution in [-0.2, 0) is 0 Å². The lowest BCUT2D eigenvalue weighted by molar-refractivity contribution is 0.208. The van der Waals surface area contributed by atoms with Gasteiger partial charge in [0.15, 0.2) is 0 Å². The molecule has 0 amide bonds. The van der Waals surface area contributed by atoms with E-state index >= 15 is 0 Å². The van der Waals surface area contributed by atoms with Gasteiger partial charge in [0.2, 0.25) is 0 Å². The summed E-state index contributed by atoms with van der Waals surface area (Å²) in [6.45, 7) is 8.24. The number of hydrogen-bond donors (Lipinski definition) is 1. The number of fused-ring (bicyclic) bond motifs is 1. The minimum absolute atomic E-state index is 0.557. The molecule has 0 radical (unpaired) electrons. The Bertz CT molecular complexity index is 608. The molecule has 0 saturated carbocycles. The van der Waals surface area contributed by atoms with Crippen molar-refractivity contribution in [1.29, 1.82) is 0 Å². The first kappa shape index (κ1) is 15.3. The van der Waals surface area contributed by atoms with Crippen LogP contribution < -0.4 is 4.90 Å². The summed E-state index contributed by atoms with van der Waals surface area (Å²) in [6, 6.07) is 2.63. The quantitative estimate of drug-likeness (QED) is 0.947. The van der Waals surface area contributed by atoms with Gasteiger partial charge in [0.05, 0.1) is 5.39 Å². The van der Waals surface area contributed by atoms with Crippen LogP contribution >= 0.6 is 0 Å². The van der Waals surface area contributed by atoms with Crippen molar-refractivity contribution < 1.29 is 0 Å². The zero-order chi connectivity index (χ0) is 15.5. The SMILES string of the molecule is CCN1CCCC(N(C)c2ncnc3[nH]ccc23)C[C@H](C)C1. The summed E-state index contributed by atoms with van der Waals surface area (Å²) in [4.78, 5) is 17.0. The van der Waals surface area contributed by atoms with Crippen molar-refractivity contribution in [2.75, 3.05) is 31.6 Å². The number of hydrogen-bond acceptors (Lipinski definition) is 4. The van der Waals surface area contributed by atoms with E-state index in [1.807, 2.05) is 6.20 Å². The molecule has 1 aliphatic rings. The highest BCUT2D eigenvalue weighted by Crippen LogP contribution is 2.27. The summed E-state index contributed by atoms with van der Waals surface area (Å²) >= 11 is 0. The first-order chi connectivity index (χ1) is 10.7. The lowest BCUT2D eigenvalue weighted by atomic mass is 9.94. The van der Waals surface area contributed by atoms with Gasteiger partial charge in [0.25, 0.3) is 0 Å². The van der Waals surface area contributed by atoms with Crippen molar-refractivity contribution >= 4 is 16.9 Å². The van der Waals surface area contributed by atoms with Crippen molar-refractivity contribution in [3.05, 3.63) is 18.6 Å². The Kier molecular flexibility index (Phi) is 4.62. The molecule has 0 spiro atoms. The van der Waals surface area contributed by atoms with E-state index in [2.05, 4.69) is 51.7 Å². The lowest BCUT2D eigenvalue weighted by Crippen LogP contribution is -2.40. The average Bonchev–Trinajstić information content (AvgIpc) is 2.98. The maximum Gasteiger partial charge on any atom is 0.142 e. The zero-order valence-corrected chi connectivity index (χ0v) is 13.9. The average molecular weight is 301 g/mol. The number of nitrogens with one attached hydrogen (secondary N) is 1. The van der Waals surface area contributed by atoms with Crippen LogP contribution in [0.3, 0.4) is 0 Å². The van der Waals surface area contributed by atoms with E-state index < -0.39 is 0 Å². The first-order valence-electron chi connectivity index (χ1n) is 8.42. The largest absolute Gasteiger partial charge is 0.356 e. The van der Waals surface area contributed by atoms with E-state index in [9.17, 15) is 0 Å². The number of rotatable bonds is 3. The number of nitrogens with zero attached hydrogens (tertiary/aromatic N) is 4. The number of aromatic amines is 1. The van der Waals surface area contributed by atoms with Gasteiger partial charge in [-0.05, 0) is 44.3 Å². The molecule has 1 N–H and O–H groups in total. The van der Waals surface area contributed by atoms with Crippen LogP contribution in [0.15, 0.2) is 18.6 Å². The smallest absolute Gasteiger partial charge is 0.142 e. The van der Waals surface area contributed by atoms with Crippen LogP contribution in [0.4, 0.5) is 5.82 Å². The van der Waals surface area contributed by atoms with E-state index in [4.69, 9.17) is 0 Å². The molecule has 2 atom stereocenters. The second kappa shape index (κ2) is 6.65. The molecule has 1 aliphatic heterocycles. The summed E-state index contributed by atoms with van der Waals surface area (Å²) in [5.41, 5.74) is 0.924. The lowest BCUT2D eigenvalue weighted by Gasteiger charge is -2.36. The molecule has 5 heteroatoms. The molecule has 1 fully saturated rings. The number of aromatic nitrogens is 3. The predicted molar refractivity (Wildman–Crippen MR) is 91.2 cm³/mol. The van der Waals surface area contributed by atoms with Crippen LogP contribution in [-0.4, -0.2) is 52.6 Å². The Labute approximate surface area is 132 Å². The zero-order valence-electron chi connectivity index (χ0n) is 13.9. The van der Waals surface area contributed by atoms with Gasteiger partial charge in [-0.25, -0.2) is 9.97 Å². The minimum Gasteiger partial charge on any atom is -0.356 e. The Morgan fingerprint density at radius 3 is 3.09 bits per heavy atom. The van der Waals surface area contributed by atoms with Gasteiger partial charge in [-0.1, -0.05) is 13.8 Å². The van der Waals surface area contributed by atoms with Crippen LogP contribution in [0.2, 0.25) is 0 Å². The summed E-state index contributed by atoms with van der Waals surface area (Å²) in [5.74, 6) is 1.77. The Hall–Kier alpha value is -1.62. The molecule has 2 aromatic heterocycles. The monoisotopic (exact) mass is 301 g/mol. The van der Waals surface area contributed by atoms with Gasteiger partial charge in [-0.3, -0.25) is 0 Å². The third-order valence-corrected chi connectivity index (χ3v) is 4.92. The van der Waals surface area contributed by atoms with Crippen LogP contribution in [0.5, 0.6) is 0 Å². The maximum absolute atomic E-state index is 4.55. The van der Waals surface area contributed by atoms with Crippen molar-refractivity contribution in [3.8, 4) is 0 Å². The fourth-order valence-corrected chi connectivity index (χ4v) is 3.69. The standard InChI is InChI=1S/C17H27N5/c1-4-22-9-5-6-14(10-13(2)11-22)21(3)17-15-7-8-18-16(15)19-12-20-17/h7-8,12-14H,4-6,9-11H2,1-3H3,(H,18,19,20)/t13-,14?/m0/s1. The van der Waals surface area contributed by atoms with Gasteiger partial charge >= 0.3 is 0 Å². The molecule has 1 unspecified atom stereocenters. The van der Waals surface area contributed by atoms with E-state index in [-0.39, 0.29) is 0 Å². The molecule has 0 aliphatic carbocycles. The van der Waals surface area contributed by atoms with E-state index in [1.54, 1.807) is 6.33 Å². The van der Waals surface area contributed by atoms with Crippen molar-refractivity contribution in [3.63, 3.8) is 0 Å². The predicted octanol–water partition coefficient (Wildman–Crippen LogP) is 2.90. The Morgan fingerprint density at radius 1 is 1.41 bits per heavy atom. The fourth-order valence-electron chi connectivity index (χ4n) is 3.69. The normalized spacial score (nSPS) is 24.1. The summed E-state index contributed by atoms with van der Waals surface area (Å²) in [7, 11) is 2.19. The van der Waals surface area contributed by atoms with Gasteiger partial charge in [0.1, 0.15) is 17.8 Å². The van der Waals surface area contributed by atoms with Crippen molar-refractivity contribution in [1.82, 2.24) is 19.9 Å². The third kappa shape index (κ3) is 3.09. The molecular weight excluding hydrogens is 274 g/mol. The third-order valence-electron chi connectivity index (χ3n) is 4.92. The van der Waals surface area contributed by atoms with Crippen molar-refractivity contribution in [2.24, 2.45) is 5.92 Å². The van der Waals surface area contributed by atoms with Gasteiger partial charge in [-0.2, -0.15) is 0 Å². The minimum atomic E-state index is 0.557. The molecule has 0 bridgehead atoms. The number of likely N-dealkylation sites (tertiary alicyclic amines) is 1. The highest BCUT2D eigenvalue weighted by atomic mass is 15.2. The topological polar surface area (TPSA) is 48.1 Å². The molecule has 120 valence electrons. The second-order valence-electron chi connectivity index (χ2n) is 6.58. The highest BCUT2D eigenvalue weighted by Gasteiger charge is 2.24. The summed E-state index contributed by atoms with van der Waals surface area (Å²) in [6.07, 6.45) is 7.32. The van der Waals surface area contributed by atoms with Gasteiger partial charge in [0, 0.05) is 25.8 Å². The van der Waals surface area contributed by atoms with E-state index in [1.165, 1.54) is 38.9 Å². The van der Waals surface area contributed by atoms with E-state index in [0.29, 0.717) is 6.04 Å². The molecule has 5 nitrogen and oxygen atoms in total. The fraction of sp³-hybridized carbons (Fsp3) is 0.647. The maximum atomic E-state index is 4.55. The molecule has 3 heterocycles. The summed E-state index contributed by atoms with van der Waals surface area (Å²) < 4.78 is 0. The highest BCUT2D eigenvalue weighted by molar-refractivity contribution is 5.87. The number of H-pyrrole nitrogens is 1. The second-order valence-corrected chi connectivity index (χ2v) is 6.58. The van der Waals surface area contributed by atoms with Gasteiger partial charge < -0.3 is 14.8 Å². The van der Waals surface area contributed by atoms with Gasteiger partial charge in [-0.15, -0.1) is 0 Å². The Morgan fingerprint density at radius 2 is 2.27 bits per heavy atom. The molecule has 0 aromatic carbocycles. The van der Waals surface area contributed by atoms with Crippen LogP contribution in [0, 0.1) is 5.92 Å². The molecule has 3 rings (SSSR count). The summed E-state index contributed by atoms with van der Waals surface area (Å²) in [5, 5.41) is 1.12. The molecule has 22 heavy (non-hydrogen) atoms. The van der Waals surface area contributed by atoms with Crippen LogP contribution in [0.25, 0.3) is 11.0 Å².